The van der Waals surface area contributed by atoms with Gasteiger partial charge in [-0.1, -0.05) is 36.8 Å². The molecule has 0 saturated carbocycles. The van der Waals surface area contributed by atoms with E-state index in [9.17, 15) is 0 Å². The first-order valence-electron chi connectivity index (χ1n) is 7.31. The van der Waals surface area contributed by atoms with Crippen molar-refractivity contribution in [2.45, 2.75) is 39.3 Å². The molecule has 0 saturated heterocycles. The molecule has 2 rings (SSSR count). The highest BCUT2D eigenvalue weighted by atomic mass is 16.5. The van der Waals surface area contributed by atoms with Crippen LogP contribution in [0.5, 0.6) is 5.75 Å². The number of aryl methyl sites for hydroxylation is 2. The molecule has 0 aliphatic rings. The van der Waals surface area contributed by atoms with Gasteiger partial charge in [0.1, 0.15) is 0 Å². The average Bonchev–Trinajstić information content (AvgIpc) is 2.90. The minimum absolute atomic E-state index is 0.0308. The molecular weight excluding hydrogens is 264 g/mol. The Labute approximate surface area is 126 Å². The molecule has 0 bridgehead atoms. The molecule has 0 radical (unpaired) electrons. The molecular formula is C16H24N4O. The van der Waals surface area contributed by atoms with E-state index < -0.39 is 0 Å². The molecule has 0 fully saturated rings. The van der Waals surface area contributed by atoms with E-state index in [1.54, 1.807) is 13.3 Å². The molecule has 2 aromatic rings. The van der Waals surface area contributed by atoms with Crippen LogP contribution in [0.15, 0.2) is 30.5 Å². The van der Waals surface area contributed by atoms with Crippen molar-refractivity contribution in [2.75, 3.05) is 7.11 Å². The second-order valence-electron chi connectivity index (χ2n) is 5.23. The summed E-state index contributed by atoms with van der Waals surface area (Å²) < 4.78 is 7.40. The fourth-order valence-corrected chi connectivity index (χ4v) is 2.47. The van der Waals surface area contributed by atoms with Gasteiger partial charge >= 0.3 is 0 Å². The summed E-state index contributed by atoms with van der Waals surface area (Å²) in [5.74, 6) is 6.56. The number of aromatic nitrogens is 2. The van der Waals surface area contributed by atoms with Crippen molar-refractivity contribution in [3.05, 3.63) is 47.3 Å². The van der Waals surface area contributed by atoms with Gasteiger partial charge in [-0.3, -0.25) is 16.0 Å². The number of hydrazine groups is 1. The molecule has 1 unspecified atom stereocenters. The lowest BCUT2D eigenvalue weighted by atomic mass is 10.0. The fraction of sp³-hybridized carbons (Fsp3) is 0.438. The molecule has 0 aliphatic carbocycles. The van der Waals surface area contributed by atoms with E-state index in [0.29, 0.717) is 0 Å². The summed E-state index contributed by atoms with van der Waals surface area (Å²) in [5, 5.41) is 4.40. The summed E-state index contributed by atoms with van der Waals surface area (Å²) in [6, 6.07) is 8.46. The van der Waals surface area contributed by atoms with Gasteiger partial charge in [-0.25, -0.2) is 0 Å². The minimum atomic E-state index is -0.0308. The molecule has 1 aromatic heterocycles. The van der Waals surface area contributed by atoms with Gasteiger partial charge in [0.15, 0.2) is 5.75 Å². The largest absolute Gasteiger partial charge is 0.493 e. The van der Waals surface area contributed by atoms with Crippen LogP contribution in [0.3, 0.4) is 0 Å². The van der Waals surface area contributed by atoms with Crippen molar-refractivity contribution in [1.29, 1.82) is 0 Å². The number of hydrogen-bond acceptors (Lipinski definition) is 4. The minimum Gasteiger partial charge on any atom is -0.493 e. The summed E-state index contributed by atoms with van der Waals surface area (Å²) in [5.41, 5.74) is 6.39. The summed E-state index contributed by atoms with van der Waals surface area (Å²) in [4.78, 5) is 0. The van der Waals surface area contributed by atoms with Crippen LogP contribution in [0.2, 0.25) is 0 Å². The number of nitrogens with zero attached hydrogens (tertiary/aromatic N) is 2. The molecule has 0 spiro atoms. The molecule has 0 aliphatic heterocycles. The number of ether oxygens (including phenoxy) is 1. The normalized spacial score (nSPS) is 12.4. The maximum absolute atomic E-state index is 5.78. The Morgan fingerprint density at radius 1 is 1.33 bits per heavy atom. The van der Waals surface area contributed by atoms with Crippen molar-refractivity contribution in [1.82, 2.24) is 15.2 Å². The molecule has 1 heterocycles. The van der Waals surface area contributed by atoms with Crippen LogP contribution in [0.4, 0.5) is 0 Å². The van der Waals surface area contributed by atoms with E-state index in [-0.39, 0.29) is 6.04 Å². The zero-order chi connectivity index (χ0) is 15.2. The first-order chi connectivity index (χ1) is 10.2. The zero-order valence-corrected chi connectivity index (χ0v) is 13.0. The quantitative estimate of drug-likeness (QED) is 0.606. The topological polar surface area (TPSA) is 65.1 Å². The number of rotatable bonds is 7. The number of nitrogens with one attached hydrogen (secondary N) is 1. The van der Waals surface area contributed by atoms with Gasteiger partial charge in [0, 0.05) is 6.54 Å². The van der Waals surface area contributed by atoms with Gasteiger partial charge in [0.25, 0.3) is 0 Å². The van der Waals surface area contributed by atoms with E-state index in [1.807, 2.05) is 4.68 Å². The first kappa shape index (κ1) is 15.5. The second kappa shape index (κ2) is 7.24. The van der Waals surface area contributed by atoms with E-state index in [1.165, 1.54) is 11.1 Å². The van der Waals surface area contributed by atoms with E-state index in [4.69, 9.17) is 10.6 Å². The van der Waals surface area contributed by atoms with Crippen molar-refractivity contribution in [2.24, 2.45) is 5.84 Å². The highest BCUT2D eigenvalue weighted by Crippen LogP contribution is 2.27. The predicted molar refractivity (Wildman–Crippen MR) is 84.0 cm³/mol. The number of hydrogen-bond donors (Lipinski definition) is 2. The smallest absolute Gasteiger partial charge is 0.161 e. The Bertz CT molecular complexity index is 562. The summed E-state index contributed by atoms with van der Waals surface area (Å²) in [7, 11) is 1.66. The molecule has 5 nitrogen and oxygen atoms in total. The SMILES string of the molecule is CCCn1ncc(OC)c1C(Cc1ccc(C)cc1)NN. The second-order valence-corrected chi connectivity index (χ2v) is 5.23. The van der Waals surface area contributed by atoms with Crippen LogP contribution in [-0.2, 0) is 13.0 Å². The lowest BCUT2D eigenvalue weighted by Gasteiger charge is -2.19. The van der Waals surface area contributed by atoms with E-state index in [2.05, 4.69) is 48.6 Å². The van der Waals surface area contributed by atoms with Gasteiger partial charge < -0.3 is 4.74 Å². The lowest BCUT2D eigenvalue weighted by Crippen LogP contribution is -2.31. The molecule has 114 valence electrons. The van der Waals surface area contributed by atoms with Crippen LogP contribution >= 0.6 is 0 Å². The first-order valence-corrected chi connectivity index (χ1v) is 7.31. The number of benzene rings is 1. The Kier molecular flexibility index (Phi) is 5.36. The lowest BCUT2D eigenvalue weighted by molar-refractivity contribution is 0.389. The summed E-state index contributed by atoms with van der Waals surface area (Å²) in [6.07, 6.45) is 3.56. The van der Waals surface area contributed by atoms with E-state index in [0.717, 1.165) is 30.8 Å². The van der Waals surface area contributed by atoms with Crippen LogP contribution in [0.1, 0.15) is 36.2 Å². The number of nitrogens with two attached hydrogens (primary N) is 1. The zero-order valence-electron chi connectivity index (χ0n) is 13.0. The van der Waals surface area contributed by atoms with Crippen LogP contribution in [0, 0.1) is 6.92 Å². The summed E-state index contributed by atoms with van der Waals surface area (Å²) in [6.45, 7) is 5.06. The van der Waals surface area contributed by atoms with Crippen molar-refractivity contribution >= 4 is 0 Å². The highest BCUT2D eigenvalue weighted by Gasteiger charge is 2.21. The van der Waals surface area contributed by atoms with Gasteiger partial charge in [0.05, 0.1) is 25.0 Å². The molecule has 0 amide bonds. The Balaban J connectivity index is 2.27. The van der Waals surface area contributed by atoms with Gasteiger partial charge in [-0.2, -0.15) is 5.10 Å². The van der Waals surface area contributed by atoms with Crippen LogP contribution in [0.25, 0.3) is 0 Å². The molecule has 21 heavy (non-hydrogen) atoms. The Morgan fingerprint density at radius 3 is 2.62 bits per heavy atom. The van der Waals surface area contributed by atoms with Crippen LogP contribution in [-0.4, -0.2) is 16.9 Å². The monoisotopic (exact) mass is 288 g/mol. The fourth-order valence-electron chi connectivity index (χ4n) is 2.47. The van der Waals surface area contributed by atoms with Crippen molar-refractivity contribution < 1.29 is 4.74 Å². The third-order valence-corrected chi connectivity index (χ3v) is 3.59. The molecule has 1 atom stereocenters. The maximum Gasteiger partial charge on any atom is 0.161 e. The predicted octanol–water partition coefficient (Wildman–Crippen LogP) is 2.36. The maximum atomic E-state index is 5.78. The van der Waals surface area contributed by atoms with Gasteiger partial charge in [-0.05, 0) is 25.3 Å². The molecule has 1 aromatic carbocycles. The molecule has 5 heteroatoms. The highest BCUT2D eigenvalue weighted by molar-refractivity contribution is 5.31. The average molecular weight is 288 g/mol. The Morgan fingerprint density at radius 2 is 2.05 bits per heavy atom. The van der Waals surface area contributed by atoms with E-state index >= 15 is 0 Å². The third kappa shape index (κ3) is 3.62. The standard InChI is InChI=1S/C16H24N4O/c1-4-9-20-16(15(21-3)11-18-20)14(19-17)10-13-7-5-12(2)6-8-13/h5-8,11,14,19H,4,9-10,17H2,1-3H3. The van der Waals surface area contributed by atoms with Crippen molar-refractivity contribution in [3.63, 3.8) is 0 Å². The number of methoxy groups -OCH3 is 1. The summed E-state index contributed by atoms with van der Waals surface area (Å²) >= 11 is 0. The van der Waals surface area contributed by atoms with Gasteiger partial charge in [-0.15, -0.1) is 0 Å². The molecule has 3 N–H and O–H groups in total. The van der Waals surface area contributed by atoms with Crippen molar-refractivity contribution in [3.8, 4) is 5.75 Å². The van der Waals surface area contributed by atoms with Crippen LogP contribution < -0.4 is 16.0 Å². The Hall–Kier alpha value is -1.85. The third-order valence-electron chi connectivity index (χ3n) is 3.59. The van der Waals surface area contributed by atoms with Gasteiger partial charge in [0.2, 0.25) is 0 Å².